The number of ketones is 1. The van der Waals surface area contributed by atoms with Gasteiger partial charge in [-0.05, 0) is 36.8 Å². The topological polar surface area (TPSA) is 106 Å². The number of carbonyl (C=O) groups is 2. The SMILES string of the molecule is COc1ccc(C=C2Oc3cc(OCC(N)=O)cc(C)c3C2=O)c(OC)c1OC. The number of Topliss-reactive ketones (excluding diaryl/α,β-unsaturated/α-hetero) is 1. The highest BCUT2D eigenvalue weighted by atomic mass is 16.5. The van der Waals surface area contributed by atoms with Gasteiger partial charge in [-0.3, -0.25) is 9.59 Å². The van der Waals surface area contributed by atoms with Gasteiger partial charge in [0.1, 0.15) is 11.5 Å². The fourth-order valence-corrected chi connectivity index (χ4v) is 3.09. The van der Waals surface area contributed by atoms with Crippen LogP contribution in [0.2, 0.25) is 0 Å². The molecule has 0 unspecified atom stereocenters. The highest BCUT2D eigenvalue weighted by molar-refractivity contribution is 6.15. The third kappa shape index (κ3) is 3.82. The lowest BCUT2D eigenvalue weighted by molar-refractivity contribution is -0.119. The van der Waals surface area contributed by atoms with Crippen molar-refractivity contribution in [1.29, 1.82) is 0 Å². The normalized spacial score (nSPS) is 13.7. The van der Waals surface area contributed by atoms with Gasteiger partial charge in [-0.2, -0.15) is 0 Å². The van der Waals surface area contributed by atoms with Crippen molar-refractivity contribution in [2.24, 2.45) is 5.73 Å². The molecule has 0 radical (unpaired) electrons. The van der Waals surface area contributed by atoms with Crippen LogP contribution in [0.1, 0.15) is 21.5 Å². The summed E-state index contributed by atoms with van der Waals surface area (Å²) in [5, 5.41) is 0. The highest BCUT2D eigenvalue weighted by Crippen LogP contribution is 2.42. The van der Waals surface area contributed by atoms with Crippen LogP contribution in [0.15, 0.2) is 30.0 Å². The minimum absolute atomic E-state index is 0.126. The monoisotopic (exact) mass is 399 g/mol. The third-order valence-corrected chi connectivity index (χ3v) is 4.35. The Bertz CT molecular complexity index is 1010. The number of nitrogens with two attached hydrogens (primary N) is 1. The molecular weight excluding hydrogens is 378 g/mol. The number of benzene rings is 2. The lowest BCUT2D eigenvalue weighted by Gasteiger charge is -2.14. The Balaban J connectivity index is 1.99. The number of primary amides is 1. The number of hydrogen-bond acceptors (Lipinski definition) is 7. The summed E-state index contributed by atoms with van der Waals surface area (Å²) in [5.41, 5.74) is 6.78. The molecule has 2 aromatic carbocycles. The lowest BCUT2D eigenvalue weighted by atomic mass is 10.0. The number of allylic oxidation sites excluding steroid dienone is 1. The van der Waals surface area contributed by atoms with Gasteiger partial charge >= 0.3 is 0 Å². The van der Waals surface area contributed by atoms with E-state index in [1.807, 2.05) is 0 Å². The van der Waals surface area contributed by atoms with Crippen LogP contribution in [0, 0.1) is 6.92 Å². The Morgan fingerprint density at radius 3 is 2.45 bits per heavy atom. The van der Waals surface area contributed by atoms with Crippen LogP contribution >= 0.6 is 0 Å². The summed E-state index contributed by atoms with van der Waals surface area (Å²) in [6, 6.07) is 6.65. The summed E-state index contributed by atoms with van der Waals surface area (Å²) in [6.07, 6.45) is 1.58. The molecule has 0 atom stereocenters. The molecule has 0 saturated carbocycles. The molecule has 0 aliphatic carbocycles. The van der Waals surface area contributed by atoms with Gasteiger partial charge in [-0.25, -0.2) is 0 Å². The predicted molar refractivity (Wildman–Crippen MR) is 105 cm³/mol. The van der Waals surface area contributed by atoms with Crippen LogP contribution < -0.4 is 29.4 Å². The molecule has 0 spiro atoms. The number of hydrogen-bond donors (Lipinski definition) is 1. The van der Waals surface area contributed by atoms with Gasteiger partial charge in [0.25, 0.3) is 5.91 Å². The quantitative estimate of drug-likeness (QED) is 0.713. The molecule has 29 heavy (non-hydrogen) atoms. The van der Waals surface area contributed by atoms with Crippen molar-refractivity contribution in [3.63, 3.8) is 0 Å². The van der Waals surface area contributed by atoms with Crippen molar-refractivity contribution < 1.29 is 33.3 Å². The fourth-order valence-electron chi connectivity index (χ4n) is 3.09. The lowest BCUT2D eigenvalue weighted by Crippen LogP contribution is -2.20. The number of ether oxygens (including phenoxy) is 5. The average molecular weight is 399 g/mol. The maximum Gasteiger partial charge on any atom is 0.255 e. The summed E-state index contributed by atoms with van der Waals surface area (Å²) in [5.74, 6) is 1.32. The fraction of sp³-hybridized carbons (Fsp3) is 0.238. The number of rotatable bonds is 7. The Hall–Kier alpha value is -3.68. The Morgan fingerprint density at radius 1 is 1.10 bits per heavy atom. The molecular formula is C21H21NO7. The summed E-state index contributed by atoms with van der Waals surface area (Å²) < 4.78 is 27.2. The van der Waals surface area contributed by atoms with E-state index in [9.17, 15) is 9.59 Å². The maximum atomic E-state index is 12.9. The molecule has 0 aromatic heterocycles. The number of amides is 1. The minimum atomic E-state index is -0.596. The standard InChI is InChI=1S/C21H21NO7/c1-11-7-13(28-10-17(22)23)9-15-18(11)19(24)16(29-15)8-12-5-6-14(25-2)21(27-4)20(12)26-3/h5-9H,10H2,1-4H3,(H2,22,23). The largest absolute Gasteiger partial charge is 0.493 e. The van der Waals surface area contributed by atoms with E-state index in [2.05, 4.69) is 0 Å². The zero-order valence-electron chi connectivity index (χ0n) is 16.5. The molecule has 152 valence electrons. The molecule has 1 heterocycles. The maximum absolute atomic E-state index is 12.9. The molecule has 8 nitrogen and oxygen atoms in total. The predicted octanol–water partition coefficient (Wildman–Crippen LogP) is 2.50. The van der Waals surface area contributed by atoms with Gasteiger partial charge in [-0.15, -0.1) is 0 Å². The molecule has 1 aliphatic heterocycles. The van der Waals surface area contributed by atoms with E-state index in [0.717, 1.165) is 0 Å². The average Bonchev–Trinajstić information content (AvgIpc) is 3.01. The van der Waals surface area contributed by atoms with E-state index in [4.69, 9.17) is 29.4 Å². The second-order valence-corrected chi connectivity index (χ2v) is 6.23. The summed E-state index contributed by atoms with van der Waals surface area (Å²) >= 11 is 0. The van der Waals surface area contributed by atoms with Crippen molar-refractivity contribution in [2.75, 3.05) is 27.9 Å². The van der Waals surface area contributed by atoms with Crippen molar-refractivity contribution >= 4 is 17.8 Å². The zero-order chi connectivity index (χ0) is 21.1. The number of aryl methyl sites for hydroxylation is 1. The Kier molecular flexibility index (Phi) is 5.63. The molecule has 1 aliphatic rings. The summed E-state index contributed by atoms with van der Waals surface area (Å²) in [7, 11) is 4.52. The summed E-state index contributed by atoms with van der Waals surface area (Å²) in [6.45, 7) is 1.49. The Labute approximate surface area is 167 Å². The van der Waals surface area contributed by atoms with Crippen LogP contribution in [0.25, 0.3) is 6.08 Å². The molecule has 0 saturated heterocycles. The van der Waals surface area contributed by atoms with E-state index in [-0.39, 0.29) is 18.1 Å². The molecule has 0 bridgehead atoms. The second kappa shape index (κ2) is 8.14. The minimum Gasteiger partial charge on any atom is -0.493 e. The van der Waals surface area contributed by atoms with E-state index < -0.39 is 5.91 Å². The van der Waals surface area contributed by atoms with Crippen LogP contribution in [0.5, 0.6) is 28.7 Å². The van der Waals surface area contributed by atoms with Gasteiger partial charge in [0.05, 0.1) is 26.9 Å². The van der Waals surface area contributed by atoms with Gasteiger partial charge in [0, 0.05) is 11.6 Å². The molecule has 1 amide bonds. The zero-order valence-corrected chi connectivity index (χ0v) is 16.5. The molecule has 8 heteroatoms. The van der Waals surface area contributed by atoms with Crippen molar-refractivity contribution in [3.05, 3.63) is 46.7 Å². The van der Waals surface area contributed by atoms with Gasteiger partial charge in [0.2, 0.25) is 11.5 Å². The first kappa shape index (κ1) is 20.1. The van der Waals surface area contributed by atoms with E-state index >= 15 is 0 Å². The summed E-state index contributed by atoms with van der Waals surface area (Å²) in [4.78, 5) is 23.8. The number of fused-ring (bicyclic) bond motifs is 1. The number of carbonyl (C=O) groups excluding carboxylic acids is 2. The van der Waals surface area contributed by atoms with Crippen LogP contribution in [0.3, 0.4) is 0 Å². The van der Waals surface area contributed by atoms with Gasteiger partial charge < -0.3 is 29.4 Å². The Morgan fingerprint density at radius 2 is 1.83 bits per heavy atom. The van der Waals surface area contributed by atoms with Crippen LogP contribution in [-0.4, -0.2) is 39.6 Å². The third-order valence-electron chi connectivity index (χ3n) is 4.35. The first-order valence-electron chi connectivity index (χ1n) is 8.68. The van der Waals surface area contributed by atoms with Crippen molar-refractivity contribution in [1.82, 2.24) is 0 Å². The van der Waals surface area contributed by atoms with E-state index in [1.165, 1.54) is 21.3 Å². The van der Waals surface area contributed by atoms with Crippen LogP contribution in [0.4, 0.5) is 0 Å². The van der Waals surface area contributed by atoms with Crippen molar-refractivity contribution in [2.45, 2.75) is 6.92 Å². The highest BCUT2D eigenvalue weighted by Gasteiger charge is 2.30. The van der Waals surface area contributed by atoms with E-state index in [0.29, 0.717) is 45.4 Å². The first-order valence-corrected chi connectivity index (χ1v) is 8.68. The van der Waals surface area contributed by atoms with Gasteiger partial charge in [-0.1, -0.05) is 0 Å². The van der Waals surface area contributed by atoms with Crippen LogP contribution in [-0.2, 0) is 4.79 Å². The molecule has 2 N–H and O–H groups in total. The first-order chi connectivity index (χ1) is 13.9. The van der Waals surface area contributed by atoms with Crippen molar-refractivity contribution in [3.8, 4) is 28.7 Å². The van der Waals surface area contributed by atoms with E-state index in [1.54, 1.807) is 37.3 Å². The second-order valence-electron chi connectivity index (χ2n) is 6.23. The molecule has 0 fully saturated rings. The molecule has 3 rings (SSSR count). The molecule has 2 aromatic rings. The van der Waals surface area contributed by atoms with Gasteiger partial charge in [0.15, 0.2) is 23.9 Å². The smallest absolute Gasteiger partial charge is 0.255 e. The number of methoxy groups -OCH3 is 3.